The van der Waals surface area contributed by atoms with Gasteiger partial charge in [0, 0.05) is 11.6 Å². The molecule has 2 heterocycles. The maximum absolute atomic E-state index is 6.27. The van der Waals surface area contributed by atoms with E-state index in [9.17, 15) is 0 Å². The van der Waals surface area contributed by atoms with Crippen LogP contribution < -0.4 is 19.5 Å². The number of fused-ring (bicyclic) bond motifs is 1. The van der Waals surface area contributed by atoms with Gasteiger partial charge < -0.3 is 19.5 Å². The number of halogens is 1. The normalized spacial score (nSPS) is 25.5. The Morgan fingerprint density at radius 2 is 2.28 bits per heavy atom. The molecule has 5 heteroatoms. The predicted octanol–water partition coefficient (Wildman–Crippen LogP) is 2.68. The fourth-order valence-corrected chi connectivity index (χ4v) is 3.07. The molecule has 0 amide bonds. The molecular weight excluding hydrogens is 254 g/mol. The minimum absolute atomic E-state index is 0.173. The lowest BCUT2D eigenvalue weighted by Gasteiger charge is -2.28. The molecule has 0 saturated carbocycles. The first-order valence-corrected chi connectivity index (χ1v) is 6.45. The van der Waals surface area contributed by atoms with Gasteiger partial charge in [-0.1, -0.05) is 11.6 Å². The molecule has 1 saturated heterocycles. The largest absolute Gasteiger partial charge is 0.495 e. The Balaban J connectivity index is 2.22. The summed E-state index contributed by atoms with van der Waals surface area (Å²) in [5, 5.41) is 4.07. The molecule has 3 rings (SSSR count). The van der Waals surface area contributed by atoms with Crippen molar-refractivity contribution in [1.82, 2.24) is 5.32 Å². The molecule has 1 fully saturated rings. The minimum atomic E-state index is -0.173. The molecule has 1 aromatic rings. The van der Waals surface area contributed by atoms with Gasteiger partial charge in [0.05, 0.1) is 17.7 Å². The summed E-state index contributed by atoms with van der Waals surface area (Å²) < 4.78 is 16.5. The highest BCUT2D eigenvalue weighted by Crippen LogP contribution is 2.51. The monoisotopic (exact) mass is 269 g/mol. The van der Waals surface area contributed by atoms with Crippen LogP contribution in [0.3, 0.4) is 0 Å². The molecule has 18 heavy (non-hydrogen) atoms. The van der Waals surface area contributed by atoms with Crippen LogP contribution >= 0.6 is 11.6 Å². The third-order valence-electron chi connectivity index (χ3n) is 3.69. The highest BCUT2D eigenvalue weighted by Gasteiger charge is 2.39. The molecule has 0 spiro atoms. The summed E-state index contributed by atoms with van der Waals surface area (Å²) in [6.45, 7) is 3.37. The Morgan fingerprint density at radius 3 is 2.94 bits per heavy atom. The average molecular weight is 270 g/mol. The highest BCUT2D eigenvalue weighted by atomic mass is 35.5. The van der Waals surface area contributed by atoms with Crippen molar-refractivity contribution in [1.29, 1.82) is 0 Å². The topological polar surface area (TPSA) is 39.7 Å². The van der Waals surface area contributed by atoms with E-state index in [1.165, 1.54) is 0 Å². The zero-order valence-corrected chi connectivity index (χ0v) is 11.3. The Labute approximate surface area is 111 Å². The molecule has 0 aromatic heterocycles. The van der Waals surface area contributed by atoms with E-state index in [1.54, 1.807) is 13.2 Å². The second kappa shape index (κ2) is 4.21. The minimum Gasteiger partial charge on any atom is -0.495 e. The van der Waals surface area contributed by atoms with Crippen LogP contribution in [0.15, 0.2) is 6.07 Å². The van der Waals surface area contributed by atoms with Gasteiger partial charge in [0.25, 0.3) is 0 Å². The number of nitrogens with one attached hydrogen (secondary N) is 1. The molecule has 1 atom stereocenters. The maximum Gasteiger partial charge on any atom is 0.231 e. The van der Waals surface area contributed by atoms with Crippen molar-refractivity contribution < 1.29 is 14.2 Å². The Morgan fingerprint density at radius 1 is 1.44 bits per heavy atom. The van der Waals surface area contributed by atoms with Crippen LogP contribution in [-0.2, 0) is 5.54 Å². The molecule has 1 unspecified atom stereocenters. The molecule has 2 aliphatic rings. The Bertz CT molecular complexity index is 480. The van der Waals surface area contributed by atoms with Crippen LogP contribution in [0.1, 0.15) is 25.3 Å². The van der Waals surface area contributed by atoms with Gasteiger partial charge in [0.1, 0.15) is 5.75 Å². The number of benzene rings is 1. The number of methoxy groups -OCH3 is 1. The summed E-state index contributed by atoms with van der Waals surface area (Å²) >= 11 is 6.27. The molecule has 4 nitrogen and oxygen atoms in total. The lowest BCUT2D eigenvalue weighted by molar-refractivity contribution is 0.171. The molecule has 2 aliphatic heterocycles. The lowest BCUT2D eigenvalue weighted by Crippen LogP contribution is -2.34. The van der Waals surface area contributed by atoms with Crippen LogP contribution in [-0.4, -0.2) is 20.4 Å². The summed E-state index contributed by atoms with van der Waals surface area (Å²) in [7, 11) is 1.63. The quantitative estimate of drug-likeness (QED) is 0.896. The number of ether oxygens (including phenoxy) is 3. The van der Waals surface area contributed by atoms with Crippen molar-refractivity contribution >= 4 is 11.6 Å². The van der Waals surface area contributed by atoms with Crippen molar-refractivity contribution in [2.45, 2.75) is 25.3 Å². The standard InChI is InChI=1S/C13H16ClNO3/c1-13(4-3-5-15-13)10-11(16-2)8(14)6-9-12(10)18-7-17-9/h6,15H,3-5,7H2,1-2H3. The third-order valence-corrected chi connectivity index (χ3v) is 3.98. The molecule has 1 N–H and O–H groups in total. The first-order chi connectivity index (χ1) is 8.65. The second-order valence-electron chi connectivity index (χ2n) is 4.86. The van der Waals surface area contributed by atoms with Gasteiger partial charge in [-0.3, -0.25) is 0 Å². The van der Waals surface area contributed by atoms with E-state index < -0.39 is 0 Å². The van der Waals surface area contributed by atoms with E-state index in [1.807, 2.05) is 0 Å². The first kappa shape index (κ1) is 11.9. The lowest BCUT2D eigenvalue weighted by atomic mass is 9.88. The van der Waals surface area contributed by atoms with E-state index in [0.717, 1.165) is 30.7 Å². The van der Waals surface area contributed by atoms with Gasteiger partial charge in [-0.25, -0.2) is 0 Å². The predicted molar refractivity (Wildman–Crippen MR) is 68.7 cm³/mol. The van der Waals surface area contributed by atoms with E-state index >= 15 is 0 Å². The first-order valence-electron chi connectivity index (χ1n) is 6.07. The van der Waals surface area contributed by atoms with Gasteiger partial charge in [0.2, 0.25) is 6.79 Å². The van der Waals surface area contributed by atoms with E-state index in [0.29, 0.717) is 16.5 Å². The summed E-state index contributed by atoms with van der Waals surface area (Å²) in [5.41, 5.74) is 0.802. The molecule has 0 bridgehead atoms. The summed E-state index contributed by atoms with van der Waals surface area (Å²) in [4.78, 5) is 0. The second-order valence-corrected chi connectivity index (χ2v) is 5.27. The molecular formula is C13H16ClNO3. The van der Waals surface area contributed by atoms with Crippen molar-refractivity contribution in [2.24, 2.45) is 0 Å². The van der Waals surface area contributed by atoms with Gasteiger partial charge in [-0.15, -0.1) is 0 Å². The van der Waals surface area contributed by atoms with E-state index in [4.69, 9.17) is 25.8 Å². The Kier molecular flexibility index (Phi) is 2.79. The van der Waals surface area contributed by atoms with E-state index in [-0.39, 0.29) is 12.3 Å². The maximum atomic E-state index is 6.27. The highest BCUT2D eigenvalue weighted by molar-refractivity contribution is 6.32. The summed E-state index contributed by atoms with van der Waals surface area (Å²) in [5.74, 6) is 2.14. The number of rotatable bonds is 2. The molecule has 1 aromatic carbocycles. The number of hydrogen-bond acceptors (Lipinski definition) is 4. The van der Waals surface area contributed by atoms with Gasteiger partial charge in [-0.2, -0.15) is 0 Å². The third kappa shape index (κ3) is 1.63. The van der Waals surface area contributed by atoms with Crippen molar-refractivity contribution in [3.05, 3.63) is 16.7 Å². The fourth-order valence-electron chi connectivity index (χ4n) is 2.80. The smallest absolute Gasteiger partial charge is 0.231 e. The Hall–Kier alpha value is -1.13. The summed E-state index contributed by atoms with van der Waals surface area (Å²) in [6, 6.07) is 1.75. The molecule has 98 valence electrons. The zero-order chi connectivity index (χ0) is 12.8. The number of hydrogen-bond donors (Lipinski definition) is 1. The van der Waals surface area contributed by atoms with Crippen LogP contribution in [0.5, 0.6) is 17.2 Å². The van der Waals surface area contributed by atoms with Crippen molar-refractivity contribution in [3.8, 4) is 17.2 Å². The van der Waals surface area contributed by atoms with Crippen LogP contribution in [0, 0.1) is 0 Å². The van der Waals surface area contributed by atoms with Gasteiger partial charge >= 0.3 is 0 Å². The zero-order valence-electron chi connectivity index (χ0n) is 10.5. The van der Waals surface area contributed by atoms with Gasteiger partial charge in [0.15, 0.2) is 11.5 Å². The molecule has 0 aliphatic carbocycles. The molecule has 0 radical (unpaired) electrons. The van der Waals surface area contributed by atoms with Gasteiger partial charge in [-0.05, 0) is 26.3 Å². The van der Waals surface area contributed by atoms with E-state index in [2.05, 4.69) is 12.2 Å². The average Bonchev–Trinajstić information content (AvgIpc) is 2.96. The van der Waals surface area contributed by atoms with Crippen LogP contribution in [0.4, 0.5) is 0 Å². The SMILES string of the molecule is COc1c(Cl)cc2c(c1C1(C)CCCN1)OCO2. The summed E-state index contributed by atoms with van der Waals surface area (Å²) in [6.07, 6.45) is 2.15. The van der Waals surface area contributed by atoms with Crippen LogP contribution in [0.25, 0.3) is 0 Å². The van der Waals surface area contributed by atoms with Crippen molar-refractivity contribution in [3.63, 3.8) is 0 Å². The fraction of sp³-hybridized carbons (Fsp3) is 0.538. The van der Waals surface area contributed by atoms with Crippen LogP contribution in [0.2, 0.25) is 5.02 Å². The van der Waals surface area contributed by atoms with Crippen molar-refractivity contribution in [2.75, 3.05) is 20.4 Å².